The van der Waals surface area contributed by atoms with Gasteiger partial charge in [-0.3, -0.25) is 19.9 Å². The molecule has 9 nitrogen and oxygen atoms in total. The largest absolute Gasteiger partial charge is 0.422 e. The van der Waals surface area contributed by atoms with Gasteiger partial charge in [-0.25, -0.2) is 9.59 Å². The zero-order valence-electron chi connectivity index (χ0n) is 26.5. The highest BCUT2D eigenvalue weighted by Crippen LogP contribution is 2.30. The van der Waals surface area contributed by atoms with Crippen LogP contribution in [0.15, 0.2) is 104 Å². The third-order valence-electron chi connectivity index (χ3n) is 8.61. The molecule has 4 aromatic heterocycles. The first kappa shape index (κ1) is 30.0. The number of anilines is 1. The molecule has 47 heavy (non-hydrogen) atoms. The maximum atomic E-state index is 13.2. The zero-order valence-corrected chi connectivity index (χ0v) is 26.5. The first-order valence-electron chi connectivity index (χ1n) is 15.9. The van der Waals surface area contributed by atoms with Crippen LogP contribution in [0.1, 0.15) is 39.2 Å². The van der Waals surface area contributed by atoms with E-state index in [1.54, 1.807) is 18.3 Å². The summed E-state index contributed by atoms with van der Waals surface area (Å²) in [6.07, 6.45) is 9.32. The monoisotopic (exact) mass is 623 g/mol. The van der Waals surface area contributed by atoms with Crippen molar-refractivity contribution in [2.24, 2.45) is 0 Å². The van der Waals surface area contributed by atoms with Crippen molar-refractivity contribution < 1.29 is 8.83 Å². The number of hydrogen-bond donors (Lipinski definition) is 0. The van der Waals surface area contributed by atoms with E-state index >= 15 is 0 Å². The smallest absolute Gasteiger partial charge is 0.345 e. The van der Waals surface area contributed by atoms with Crippen LogP contribution in [0.2, 0.25) is 0 Å². The topological polar surface area (TPSA) is 115 Å². The zero-order chi connectivity index (χ0) is 32.5. The maximum absolute atomic E-state index is 13.2. The van der Waals surface area contributed by atoms with Crippen molar-refractivity contribution in [3.8, 4) is 33.9 Å². The van der Waals surface area contributed by atoms with Crippen molar-refractivity contribution in [2.75, 3.05) is 18.0 Å². The molecule has 0 aliphatic heterocycles. The molecule has 0 fully saturated rings. The van der Waals surface area contributed by atoms with Gasteiger partial charge >= 0.3 is 11.3 Å². The number of aryl methyl sites for hydroxylation is 1. The molecular weight excluding hydrogens is 590 g/mol. The van der Waals surface area contributed by atoms with Crippen LogP contribution in [0.4, 0.5) is 5.69 Å². The van der Waals surface area contributed by atoms with E-state index in [2.05, 4.69) is 57.7 Å². The molecule has 0 atom stereocenters. The summed E-state index contributed by atoms with van der Waals surface area (Å²) in [5.41, 5.74) is 4.75. The Balaban J connectivity index is 1.15. The molecule has 0 N–H and O–H groups in total. The van der Waals surface area contributed by atoms with E-state index in [0.717, 1.165) is 59.6 Å². The summed E-state index contributed by atoms with van der Waals surface area (Å²) in [6, 6.07) is 19.6. The molecule has 234 valence electrons. The van der Waals surface area contributed by atoms with Crippen molar-refractivity contribution >= 4 is 38.4 Å². The first-order valence-corrected chi connectivity index (χ1v) is 15.9. The fraction of sp³-hybridized carbons (Fsp3) is 0.211. The predicted molar refractivity (Wildman–Crippen MR) is 186 cm³/mol. The number of fused-ring (bicyclic) bond motifs is 4. The van der Waals surface area contributed by atoms with Gasteiger partial charge in [0, 0.05) is 41.0 Å². The highest BCUT2D eigenvalue weighted by Gasteiger charge is 2.15. The van der Waals surface area contributed by atoms with Gasteiger partial charge in [0.2, 0.25) is 0 Å². The van der Waals surface area contributed by atoms with Crippen LogP contribution in [0, 0.1) is 0 Å². The molecule has 4 heterocycles. The third-order valence-corrected chi connectivity index (χ3v) is 8.61. The van der Waals surface area contributed by atoms with Gasteiger partial charge in [-0.05, 0) is 61.9 Å². The fourth-order valence-corrected chi connectivity index (χ4v) is 6.03. The molecule has 0 saturated carbocycles. The predicted octanol–water partition coefficient (Wildman–Crippen LogP) is 7.82. The normalized spacial score (nSPS) is 11.5. The minimum Gasteiger partial charge on any atom is -0.422 e. The molecule has 0 bridgehead atoms. The first-order chi connectivity index (χ1) is 23.0. The average Bonchev–Trinajstić information content (AvgIpc) is 3.11. The molecule has 7 rings (SSSR count). The summed E-state index contributed by atoms with van der Waals surface area (Å²) in [5.74, 6) is 0. The number of aromatic nitrogens is 4. The minimum absolute atomic E-state index is 0.321. The summed E-state index contributed by atoms with van der Waals surface area (Å²) in [5, 5.41) is 3.64. The summed E-state index contributed by atoms with van der Waals surface area (Å²) in [7, 11) is 0. The average molecular weight is 624 g/mol. The van der Waals surface area contributed by atoms with Crippen LogP contribution < -0.4 is 16.2 Å². The van der Waals surface area contributed by atoms with Crippen molar-refractivity contribution in [1.29, 1.82) is 0 Å². The lowest BCUT2D eigenvalue weighted by Crippen LogP contribution is -2.21. The third kappa shape index (κ3) is 5.65. The molecule has 0 radical (unpaired) electrons. The van der Waals surface area contributed by atoms with E-state index in [9.17, 15) is 9.59 Å². The molecule has 3 aromatic carbocycles. The second-order valence-electron chi connectivity index (χ2n) is 11.5. The van der Waals surface area contributed by atoms with Gasteiger partial charge in [-0.1, -0.05) is 43.7 Å². The molecule has 0 saturated heterocycles. The van der Waals surface area contributed by atoms with Crippen LogP contribution >= 0.6 is 0 Å². The van der Waals surface area contributed by atoms with Crippen LogP contribution in [0.3, 0.4) is 0 Å². The second-order valence-corrected chi connectivity index (χ2v) is 11.5. The van der Waals surface area contributed by atoms with Crippen LogP contribution in [-0.4, -0.2) is 33.0 Å². The molecular formula is C38H33N5O4. The van der Waals surface area contributed by atoms with Gasteiger partial charge in [0.15, 0.2) is 0 Å². The Morgan fingerprint density at radius 2 is 1.26 bits per heavy atom. The maximum Gasteiger partial charge on any atom is 0.345 e. The number of unbranched alkanes of at least 4 members (excludes halogenated alkanes) is 1. The number of nitrogens with zero attached hydrogens (tertiary/aromatic N) is 5. The molecule has 0 aliphatic rings. The van der Waals surface area contributed by atoms with Crippen molar-refractivity contribution in [3.05, 3.63) is 112 Å². The van der Waals surface area contributed by atoms with E-state index in [1.165, 1.54) is 24.2 Å². The van der Waals surface area contributed by atoms with Crippen molar-refractivity contribution in [3.63, 3.8) is 0 Å². The number of rotatable bonds is 9. The van der Waals surface area contributed by atoms with Crippen molar-refractivity contribution in [1.82, 2.24) is 19.9 Å². The Bertz CT molecular complexity index is 2360. The van der Waals surface area contributed by atoms with E-state index in [0.29, 0.717) is 45.1 Å². The Morgan fingerprint density at radius 1 is 0.638 bits per heavy atom. The molecule has 9 heteroatoms. The van der Waals surface area contributed by atoms with Gasteiger partial charge in [0.05, 0.1) is 47.3 Å². The molecule has 0 unspecified atom stereocenters. The molecule has 0 aliphatic carbocycles. The van der Waals surface area contributed by atoms with Gasteiger partial charge in [-0.2, -0.15) is 0 Å². The summed E-state index contributed by atoms with van der Waals surface area (Å²) in [4.78, 5) is 46.2. The van der Waals surface area contributed by atoms with E-state index < -0.39 is 11.3 Å². The Hall–Kier alpha value is -5.70. The summed E-state index contributed by atoms with van der Waals surface area (Å²) >= 11 is 0. The van der Waals surface area contributed by atoms with E-state index in [-0.39, 0.29) is 0 Å². The van der Waals surface area contributed by atoms with Gasteiger partial charge in [-0.15, -0.1) is 0 Å². The fourth-order valence-electron chi connectivity index (χ4n) is 6.03. The summed E-state index contributed by atoms with van der Waals surface area (Å²) < 4.78 is 11.5. The van der Waals surface area contributed by atoms with Gasteiger partial charge in [0.25, 0.3) is 0 Å². The second kappa shape index (κ2) is 12.6. The number of benzene rings is 3. The lowest BCUT2D eigenvalue weighted by Gasteiger charge is -2.21. The Labute approximate surface area is 270 Å². The lowest BCUT2D eigenvalue weighted by atomic mass is 9.98. The SMILES string of the molecule is CCCCc1cccc2c1ccc1cc(-c3cnc(-c4cnc(-c5cc6ccc(N(CC)CC)cc6oc5=O)cn4)cn3)c(=O)oc12. The molecule has 0 spiro atoms. The van der Waals surface area contributed by atoms with E-state index in [4.69, 9.17) is 8.83 Å². The number of hydrogen-bond acceptors (Lipinski definition) is 9. The standard InChI is InChI=1S/C38H33N5O4/c1-4-7-9-23-10-8-11-28-27(23)15-13-25-17-30(38(45)47-36(25)28)32-20-42-34(22-40-32)33-21-39-31(19-41-33)29-16-24-12-14-26(43(5-2)6-3)18-35(24)46-37(29)44/h8,10-22H,4-7,9H2,1-3H3. The quantitative estimate of drug-likeness (QED) is 0.117. The van der Waals surface area contributed by atoms with Crippen LogP contribution in [0.5, 0.6) is 0 Å². The van der Waals surface area contributed by atoms with Crippen LogP contribution in [0.25, 0.3) is 66.6 Å². The van der Waals surface area contributed by atoms with Crippen molar-refractivity contribution in [2.45, 2.75) is 40.0 Å². The van der Waals surface area contributed by atoms with E-state index in [1.807, 2.05) is 36.4 Å². The Kier molecular flexibility index (Phi) is 8.03. The van der Waals surface area contributed by atoms with Crippen LogP contribution in [-0.2, 0) is 6.42 Å². The molecule has 0 amide bonds. The molecule has 7 aromatic rings. The van der Waals surface area contributed by atoms with Gasteiger partial charge in [0.1, 0.15) is 22.6 Å². The van der Waals surface area contributed by atoms with Gasteiger partial charge < -0.3 is 13.7 Å². The minimum atomic E-state index is -0.487. The highest BCUT2D eigenvalue weighted by molar-refractivity contribution is 6.05. The lowest BCUT2D eigenvalue weighted by molar-refractivity contribution is 0.563. The highest BCUT2D eigenvalue weighted by atomic mass is 16.4. The summed E-state index contributed by atoms with van der Waals surface area (Å²) in [6.45, 7) is 8.06. The Morgan fingerprint density at radius 3 is 1.89 bits per heavy atom.